The van der Waals surface area contributed by atoms with Crippen LogP contribution in [0.3, 0.4) is 0 Å². The maximum atomic E-state index is 14.2. The van der Waals surface area contributed by atoms with Crippen LogP contribution in [0.2, 0.25) is 5.02 Å². The van der Waals surface area contributed by atoms with Gasteiger partial charge in [-0.15, -0.1) is 0 Å². The summed E-state index contributed by atoms with van der Waals surface area (Å²) in [5.74, 6) is -1.14. The SMILES string of the molecule is CNC(=O)CCNc1ccc(-n2cc(-c3cnc(C(=O)Nc4ccc(C(=O)N5CCN(C(=O)C6CC[N+](C)(C)C6)CC5)c(Cl)c4)n3C)c(C(F)(F)F)n2)nc1. The van der Waals surface area contributed by atoms with Gasteiger partial charge in [-0.25, -0.2) is 14.6 Å². The van der Waals surface area contributed by atoms with Crippen molar-refractivity contribution in [1.82, 2.24) is 39.4 Å². The molecule has 4 aromatic rings. The quantitative estimate of drug-likeness (QED) is 0.206. The number of aromatic nitrogens is 5. The number of quaternary nitrogens is 1. The molecule has 2 aliphatic rings. The van der Waals surface area contributed by atoms with E-state index in [1.807, 2.05) is 4.90 Å². The van der Waals surface area contributed by atoms with E-state index in [0.717, 1.165) is 41.1 Å². The number of anilines is 2. The molecular weight excluding hydrogens is 743 g/mol. The molecule has 6 rings (SSSR count). The van der Waals surface area contributed by atoms with Crippen LogP contribution in [0.5, 0.6) is 0 Å². The Labute approximate surface area is 320 Å². The number of pyridine rings is 1. The predicted octanol–water partition coefficient (Wildman–Crippen LogP) is 3.52. The summed E-state index contributed by atoms with van der Waals surface area (Å²) in [6.45, 7) is 3.69. The highest BCUT2D eigenvalue weighted by molar-refractivity contribution is 6.34. The molecule has 15 nitrogen and oxygen atoms in total. The third-order valence-electron chi connectivity index (χ3n) is 9.88. The summed E-state index contributed by atoms with van der Waals surface area (Å²) >= 11 is 6.52. The van der Waals surface area contributed by atoms with Gasteiger partial charge in [0, 0.05) is 71.5 Å². The molecule has 3 N–H and O–H groups in total. The molecule has 2 fully saturated rings. The maximum Gasteiger partial charge on any atom is 0.435 e. The Morgan fingerprint density at radius 3 is 2.31 bits per heavy atom. The fourth-order valence-corrected chi connectivity index (χ4v) is 7.09. The smallest absolute Gasteiger partial charge is 0.383 e. The van der Waals surface area contributed by atoms with Crippen molar-refractivity contribution in [3.05, 3.63) is 71.0 Å². The Kier molecular flexibility index (Phi) is 11.2. The van der Waals surface area contributed by atoms with E-state index in [0.29, 0.717) is 38.4 Å². The molecule has 3 aromatic heterocycles. The Morgan fingerprint density at radius 2 is 1.69 bits per heavy atom. The van der Waals surface area contributed by atoms with Gasteiger partial charge >= 0.3 is 6.18 Å². The Morgan fingerprint density at radius 1 is 0.982 bits per heavy atom. The molecule has 19 heteroatoms. The van der Waals surface area contributed by atoms with Gasteiger partial charge in [-0.1, -0.05) is 11.6 Å². The first kappa shape index (κ1) is 39.2. The summed E-state index contributed by atoms with van der Waals surface area (Å²) in [6, 6.07) is 7.49. The molecule has 55 heavy (non-hydrogen) atoms. The summed E-state index contributed by atoms with van der Waals surface area (Å²) < 4.78 is 45.7. The summed E-state index contributed by atoms with van der Waals surface area (Å²) in [5.41, 5.74) is -0.518. The van der Waals surface area contributed by atoms with Gasteiger partial charge in [0.2, 0.25) is 11.8 Å². The van der Waals surface area contributed by atoms with E-state index >= 15 is 0 Å². The number of nitrogens with zero attached hydrogens (tertiary/aromatic N) is 8. The fraction of sp³-hybridized carbons (Fsp3) is 0.417. The van der Waals surface area contributed by atoms with Crippen LogP contribution in [0.4, 0.5) is 24.5 Å². The molecule has 0 radical (unpaired) electrons. The molecule has 0 aliphatic carbocycles. The Balaban J connectivity index is 1.11. The molecule has 4 amide bonds. The molecule has 292 valence electrons. The van der Waals surface area contributed by atoms with Gasteiger partial charge in [-0.3, -0.25) is 19.2 Å². The van der Waals surface area contributed by atoms with E-state index in [4.69, 9.17) is 11.6 Å². The lowest BCUT2D eigenvalue weighted by molar-refractivity contribution is -0.878. The second kappa shape index (κ2) is 15.7. The van der Waals surface area contributed by atoms with E-state index in [-0.39, 0.29) is 69.2 Å². The molecule has 0 bridgehead atoms. The third kappa shape index (κ3) is 8.75. The number of amides is 4. The highest BCUT2D eigenvalue weighted by Crippen LogP contribution is 2.37. The first-order chi connectivity index (χ1) is 26.0. The minimum Gasteiger partial charge on any atom is -0.383 e. The van der Waals surface area contributed by atoms with Crippen molar-refractivity contribution in [2.75, 3.05) is 77.6 Å². The standard InChI is InChI=1S/C36H41ClF3N11O4/c1-41-30(52)9-11-42-24-6-8-29(43-18-24)50-20-26(31(46-50)36(38,39)40)28-19-44-32(47(28)2)33(53)45-23-5-7-25(27(37)17-23)35(55)49-14-12-48(13-15-49)34(54)22-10-16-51(3,4)21-22/h5-8,17-20,22,42H,9-16,21H2,1-4H3,(H-,41,45,52,53,55)/p+1. The lowest BCUT2D eigenvalue weighted by Crippen LogP contribution is -2.52. The largest absolute Gasteiger partial charge is 0.435 e. The number of carbonyl (C=O) groups excluding carboxylic acids is 4. The van der Waals surface area contributed by atoms with Crippen molar-refractivity contribution >= 4 is 46.6 Å². The van der Waals surface area contributed by atoms with Crippen molar-refractivity contribution in [3.63, 3.8) is 0 Å². The van der Waals surface area contributed by atoms with Crippen molar-refractivity contribution in [2.24, 2.45) is 13.0 Å². The van der Waals surface area contributed by atoms with E-state index in [2.05, 4.69) is 45.1 Å². The first-order valence-electron chi connectivity index (χ1n) is 17.7. The van der Waals surface area contributed by atoms with E-state index in [1.54, 1.807) is 11.0 Å². The topological polar surface area (TPSA) is 159 Å². The zero-order chi connectivity index (χ0) is 39.7. The number of hydrogen-bond acceptors (Lipinski definition) is 8. The third-order valence-corrected chi connectivity index (χ3v) is 10.2. The minimum atomic E-state index is -4.85. The van der Waals surface area contributed by atoms with E-state index in [9.17, 15) is 32.3 Å². The molecule has 0 saturated carbocycles. The molecule has 1 aromatic carbocycles. The number of nitrogens with one attached hydrogen (secondary N) is 3. The van der Waals surface area contributed by atoms with E-state index in [1.165, 1.54) is 49.1 Å². The van der Waals surface area contributed by atoms with Gasteiger partial charge in [-0.05, 0) is 30.3 Å². The zero-order valence-corrected chi connectivity index (χ0v) is 31.5. The number of benzene rings is 1. The summed E-state index contributed by atoms with van der Waals surface area (Å²) in [5, 5.41) is 12.0. The number of hydrogen-bond donors (Lipinski definition) is 3. The average Bonchev–Trinajstić information content (AvgIpc) is 3.87. The second-order valence-electron chi connectivity index (χ2n) is 14.2. The van der Waals surface area contributed by atoms with Crippen LogP contribution in [0, 0.1) is 5.92 Å². The normalized spacial score (nSPS) is 16.9. The van der Waals surface area contributed by atoms with Crippen LogP contribution in [-0.2, 0) is 22.8 Å². The lowest BCUT2D eigenvalue weighted by atomic mass is 10.1. The highest BCUT2D eigenvalue weighted by atomic mass is 35.5. The molecule has 1 unspecified atom stereocenters. The number of carbonyl (C=O) groups is 4. The van der Waals surface area contributed by atoms with Gasteiger partial charge in [0.05, 0.1) is 73.0 Å². The number of rotatable bonds is 10. The van der Waals surface area contributed by atoms with Crippen LogP contribution in [0.15, 0.2) is 48.9 Å². The monoisotopic (exact) mass is 784 g/mol. The van der Waals surface area contributed by atoms with Crippen LogP contribution in [0.1, 0.15) is 39.5 Å². The van der Waals surface area contributed by atoms with Crippen molar-refractivity contribution in [1.29, 1.82) is 0 Å². The Bertz CT molecular complexity index is 2090. The van der Waals surface area contributed by atoms with Crippen LogP contribution in [-0.4, -0.2) is 129 Å². The molecule has 0 spiro atoms. The van der Waals surface area contributed by atoms with Gasteiger partial charge in [0.25, 0.3) is 11.8 Å². The van der Waals surface area contributed by atoms with Crippen LogP contribution >= 0.6 is 11.6 Å². The Hall–Kier alpha value is -5.49. The van der Waals surface area contributed by atoms with Crippen molar-refractivity contribution in [2.45, 2.75) is 19.0 Å². The second-order valence-corrected chi connectivity index (χ2v) is 14.6. The van der Waals surface area contributed by atoms with Crippen molar-refractivity contribution in [3.8, 4) is 17.1 Å². The fourth-order valence-electron chi connectivity index (χ4n) is 6.83. The maximum absolute atomic E-state index is 14.2. The average molecular weight is 785 g/mol. The number of imidazole rings is 1. The van der Waals surface area contributed by atoms with Crippen molar-refractivity contribution < 1.29 is 36.8 Å². The molecule has 5 heterocycles. The number of alkyl halides is 3. The summed E-state index contributed by atoms with van der Waals surface area (Å²) in [7, 11) is 7.17. The zero-order valence-electron chi connectivity index (χ0n) is 30.8. The van der Waals surface area contributed by atoms with Gasteiger partial charge in [0.15, 0.2) is 17.3 Å². The first-order valence-corrected chi connectivity index (χ1v) is 18.0. The van der Waals surface area contributed by atoms with Gasteiger partial charge in [-0.2, -0.15) is 18.3 Å². The van der Waals surface area contributed by atoms with E-state index < -0.39 is 17.8 Å². The van der Waals surface area contributed by atoms with Crippen LogP contribution < -0.4 is 16.0 Å². The van der Waals surface area contributed by atoms with Gasteiger partial charge < -0.3 is 34.8 Å². The van der Waals surface area contributed by atoms with Crippen LogP contribution in [0.25, 0.3) is 17.1 Å². The predicted molar refractivity (Wildman–Crippen MR) is 198 cm³/mol. The highest BCUT2D eigenvalue weighted by Gasteiger charge is 2.40. The molecule has 2 saturated heterocycles. The lowest BCUT2D eigenvalue weighted by Gasteiger charge is -2.36. The number of piperazine rings is 1. The van der Waals surface area contributed by atoms with Gasteiger partial charge in [0.1, 0.15) is 0 Å². The molecule has 2 aliphatic heterocycles. The molecule has 1 atom stereocenters. The summed E-state index contributed by atoms with van der Waals surface area (Å²) in [6.07, 6.45) is -0.0468. The molecular formula is C36H42ClF3N11O4+. The number of halogens is 4. The summed E-state index contributed by atoms with van der Waals surface area (Å²) in [4.78, 5) is 63.0. The minimum absolute atomic E-state index is 0.00691. The number of likely N-dealkylation sites (tertiary alicyclic amines) is 1.